The van der Waals surface area contributed by atoms with E-state index in [4.69, 9.17) is 4.74 Å². The minimum absolute atomic E-state index is 0.131. The normalized spacial score (nSPS) is 21.1. The molecule has 2 rings (SSSR count). The first-order chi connectivity index (χ1) is 8.92. The lowest BCUT2D eigenvalue weighted by molar-refractivity contribution is -0.158. The lowest BCUT2D eigenvalue weighted by atomic mass is 10.2. The van der Waals surface area contributed by atoms with Crippen LogP contribution < -0.4 is 10.1 Å². The number of cyclic esters (lactones) is 1. The molecule has 1 N–H and O–H groups in total. The molecule has 1 fully saturated rings. The van der Waals surface area contributed by atoms with E-state index in [-0.39, 0.29) is 6.54 Å². The SMILES string of the molecule is COc1cc(NCC2CC(F)(F)C(=O)O2)ccc1Br. The molecule has 1 aliphatic heterocycles. The van der Waals surface area contributed by atoms with Gasteiger partial charge >= 0.3 is 11.9 Å². The predicted molar refractivity (Wildman–Crippen MR) is 68.6 cm³/mol. The minimum Gasteiger partial charge on any atom is -0.495 e. The molecule has 7 heteroatoms. The molecule has 19 heavy (non-hydrogen) atoms. The number of esters is 1. The molecule has 104 valence electrons. The Bertz CT molecular complexity index is 496. The van der Waals surface area contributed by atoms with Crippen LogP contribution in [0.25, 0.3) is 0 Å². The van der Waals surface area contributed by atoms with Crippen molar-refractivity contribution in [3.8, 4) is 5.75 Å². The zero-order valence-electron chi connectivity index (χ0n) is 10.1. The Labute approximate surface area is 117 Å². The fourth-order valence-electron chi connectivity index (χ4n) is 1.76. The van der Waals surface area contributed by atoms with Gasteiger partial charge in [-0.15, -0.1) is 0 Å². The molecule has 0 radical (unpaired) electrons. The van der Waals surface area contributed by atoms with Crippen molar-refractivity contribution < 1.29 is 23.0 Å². The van der Waals surface area contributed by atoms with Crippen molar-refractivity contribution in [1.29, 1.82) is 0 Å². The molecule has 1 heterocycles. The third kappa shape index (κ3) is 3.15. The Morgan fingerprint density at radius 3 is 2.89 bits per heavy atom. The Morgan fingerprint density at radius 1 is 1.58 bits per heavy atom. The van der Waals surface area contributed by atoms with E-state index < -0.39 is 24.4 Å². The van der Waals surface area contributed by atoms with Crippen LogP contribution >= 0.6 is 15.9 Å². The summed E-state index contributed by atoms with van der Waals surface area (Å²) in [7, 11) is 1.53. The van der Waals surface area contributed by atoms with Crippen molar-refractivity contribution in [3.63, 3.8) is 0 Å². The Balaban J connectivity index is 1.95. The highest BCUT2D eigenvalue weighted by molar-refractivity contribution is 9.10. The van der Waals surface area contributed by atoms with Crippen molar-refractivity contribution in [2.75, 3.05) is 19.0 Å². The van der Waals surface area contributed by atoms with Crippen LogP contribution in [0.15, 0.2) is 22.7 Å². The first-order valence-corrected chi connectivity index (χ1v) is 6.38. The van der Waals surface area contributed by atoms with Gasteiger partial charge in [0, 0.05) is 11.8 Å². The number of nitrogens with one attached hydrogen (secondary N) is 1. The second-order valence-electron chi connectivity index (χ2n) is 4.17. The average molecular weight is 336 g/mol. The zero-order chi connectivity index (χ0) is 14.0. The molecule has 4 nitrogen and oxygen atoms in total. The Kier molecular flexibility index (Phi) is 3.93. The summed E-state index contributed by atoms with van der Waals surface area (Å²) >= 11 is 3.31. The molecule has 0 spiro atoms. The summed E-state index contributed by atoms with van der Waals surface area (Å²) in [6, 6.07) is 5.26. The van der Waals surface area contributed by atoms with Gasteiger partial charge in [-0.2, -0.15) is 8.78 Å². The molecule has 0 bridgehead atoms. The van der Waals surface area contributed by atoms with Gasteiger partial charge in [0.2, 0.25) is 0 Å². The van der Waals surface area contributed by atoms with Crippen LogP contribution in [-0.2, 0) is 9.53 Å². The summed E-state index contributed by atoms with van der Waals surface area (Å²) in [6.45, 7) is 0.131. The highest BCUT2D eigenvalue weighted by Gasteiger charge is 2.50. The molecule has 1 atom stereocenters. The van der Waals surface area contributed by atoms with Gasteiger partial charge in [0.05, 0.1) is 24.5 Å². The van der Waals surface area contributed by atoms with E-state index in [9.17, 15) is 13.6 Å². The van der Waals surface area contributed by atoms with E-state index in [0.29, 0.717) is 11.4 Å². The molecule has 1 aliphatic rings. The van der Waals surface area contributed by atoms with Crippen molar-refractivity contribution in [2.45, 2.75) is 18.4 Å². The lowest BCUT2D eigenvalue weighted by Gasteiger charge is -2.12. The molecule has 1 aromatic carbocycles. The third-order valence-corrected chi connectivity index (χ3v) is 3.40. The molecule has 0 aliphatic carbocycles. The topological polar surface area (TPSA) is 47.6 Å². The summed E-state index contributed by atoms with van der Waals surface area (Å²) in [5, 5.41) is 2.94. The van der Waals surface area contributed by atoms with Gasteiger partial charge in [0.15, 0.2) is 0 Å². The molecule has 1 saturated heterocycles. The maximum absolute atomic E-state index is 13.0. The molecule has 0 aromatic heterocycles. The van der Waals surface area contributed by atoms with Crippen molar-refractivity contribution in [3.05, 3.63) is 22.7 Å². The Hall–Kier alpha value is -1.37. The van der Waals surface area contributed by atoms with Crippen LogP contribution in [0.2, 0.25) is 0 Å². The number of anilines is 1. The number of carbonyl (C=O) groups is 1. The van der Waals surface area contributed by atoms with Gasteiger partial charge in [-0.3, -0.25) is 0 Å². The second-order valence-corrected chi connectivity index (χ2v) is 5.02. The van der Waals surface area contributed by atoms with Crippen LogP contribution in [0, 0.1) is 0 Å². The third-order valence-electron chi connectivity index (χ3n) is 2.74. The molecule has 1 aromatic rings. The van der Waals surface area contributed by atoms with Crippen LogP contribution in [0.4, 0.5) is 14.5 Å². The predicted octanol–water partition coefficient (Wildman–Crippen LogP) is 2.82. The van der Waals surface area contributed by atoms with E-state index in [0.717, 1.165) is 4.47 Å². The van der Waals surface area contributed by atoms with Gasteiger partial charge < -0.3 is 14.8 Å². The molecular weight excluding hydrogens is 324 g/mol. The van der Waals surface area contributed by atoms with Gasteiger partial charge in [0.1, 0.15) is 11.9 Å². The number of benzene rings is 1. The van der Waals surface area contributed by atoms with Crippen LogP contribution in [0.5, 0.6) is 5.75 Å². The lowest BCUT2D eigenvalue weighted by Crippen LogP contribution is -2.22. The second kappa shape index (κ2) is 5.32. The zero-order valence-corrected chi connectivity index (χ0v) is 11.7. The maximum Gasteiger partial charge on any atom is 0.377 e. The van der Waals surface area contributed by atoms with E-state index in [1.165, 1.54) is 7.11 Å². The smallest absolute Gasteiger partial charge is 0.377 e. The first-order valence-electron chi connectivity index (χ1n) is 5.58. The van der Waals surface area contributed by atoms with E-state index in [2.05, 4.69) is 26.0 Å². The van der Waals surface area contributed by atoms with Gasteiger partial charge in [0.25, 0.3) is 0 Å². The Morgan fingerprint density at radius 2 is 2.32 bits per heavy atom. The van der Waals surface area contributed by atoms with E-state index >= 15 is 0 Å². The number of hydrogen-bond donors (Lipinski definition) is 1. The number of alkyl halides is 2. The summed E-state index contributed by atoms with van der Waals surface area (Å²) in [5.41, 5.74) is 0.700. The van der Waals surface area contributed by atoms with Crippen LogP contribution in [0.3, 0.4) is 0 Å². The van der Waals surface area contributed by atoms with Gasteiger partial charge in [-0.25, -0.2) is 4.79 Å². The van der Waals surface area contributed by atoms with Crippen molar-refractivity contribution >= 4 is 27.6 Å². The molecule has 1 unspecified atom stereocenters. The highest BCUT2D eigenvalue weighted by atomic mass is 79.9. The van der Waals surface area contributed by atoms with E-state index in [1.807, 2.05) is 0 Å². The summed E-state index contributed by atoms with van der Waals surface area (Å²) in [5.74, 6) is -4.20. The number of ether oxygens (including phenoxy) is 2. The standard InChI is InChI=1S/C12H12BrF2NO3/c1-18-10-4-7(2-3-9(10)13)16-6-8-5-12(14,15)11(17)19-8/h2-4,8,16H,5-6H2,1H3. The highest BCUT2D eigenvalue weighted by Crippen LogP contribution is 2.32. The van der Waals surface area contributed by atoms with Crippen LogP contribution in [-0.4, -0.2) is 31.7 Å². The minimum atomic E-state index is -3.37. The van der Waals surface area contributed by atoms with Gasteiger partial charge in [-0.05, 0) is 28.1 Å². The number of halogens is 3. The maximum atomic E-state index is 13.0. The summed E-state index contributed by atoms with van der Waals surface area (Å²) < 4.78 is 36.4. The fraction of sp³-hybridized carbons (Fsp3) is 0.417. The number of rotatable bonds is 4. The van der Waals surface area contributed by atoms with E-state index in [1.54, 1.807) is 18.2 Å². The quantitative estimate of drug-likeness (QED) is 0.859. The number of carbonyl (C=O) groups excluding carboxylic acids is 1. The summed E-state index contributed by atoms with van der Waals surface area (Å²) in [4.78, 5) is 10.8. The molecule has 0 saturated carbocycles. The van der Waals surface area contributed by atoms with Gasteiger partial charge in [-0.1, -0.05) is 0 Å². The number of methoxy groups -OCH3 is 1. The van der Waals surface area contributed by atoms with Crippen LogP contribution in [0.1, 0.15) is 6.42 Å². The first kappa shape index (κ1) is 14.0. The summed E-state index contributed by atoms with van der Waals surface area (Å²) in [6.07, 6.45) is -1.41. The van der Waals surface area contributed by atoms with Crippen molar-refractivity contribution in [1.82, 2.24) is 0 Å². The number of hydrogen-bond acceptors (Lipinski definition) is 4. The molecule has 0 amide bonds. The fourth-order valence-corrected chi connectivity index (χ4v) is 2.17. The monoisotopic (exact) mass is 335 g/mol. The van der Waals surface area contributed by atoms with Crippen molar-refractivity contribution in [2.24, 2.45) is 0 Å². The molecular formula is C12H12BrF2NO3. The average Bonchev–Trinajstić information content (AvgIpc) is 2.62. The largest absolute Gasteiger partial charge is 0.495 e.